The smallest absolute Gasteiger partial charge is 0.349 e. The lowest BCUT2D eigenvalue weighted by Gasteiger charge is -2.11. The zero-order chi connectivity index (χ0) is 17.7. The van der Waals surface area contributed by atoms with E-state index in [1.807, 2.05) is 13.0 Å². The molecule has 2 heterocycles. The Hall–Kier alpha value is -3.12. The molecule has 4 rings (SSSR count). The number of halogens is 1. The fourth-order valence-corrected chi connectivity index (χ4v) is 2.92. The van der Waals surface area contributed by atoms with Crippen molar-refractivity contribution in [3.63, 3.8) is 0 Å². The summed E-state index contributed by atoms with van der Waals surface area (Å²) < 4.78 is 0. The van der Waals surface area contributed by atoms with Crippen LogP contribution in [-0.4, -0.2) is 27.8 Å². The Labute approximate surface area is 146 Å². The molecule has 3 aromatic rings. The van der Waals surface area contributed by atoms with Gasteiger partial charge in [-0.2, -0.15) is 0 Å². The number of hydrogen-bond donors (Lipinski definition) is 1. The SMILES string of the molecule is Cc1cc2cc(C(=O)ON3C(=O)c4ccccc4C3=O)[nH]c2cc1Cl. The Morgan fingerprint density at radius 2 is 1.72 bits per heavy atom. The van der Waals surface area contributed by atoms with Crippen molar-refractivity contribution in [2.24, 2.45) is 0 Å². The second-order valence-electron chi connectivity index (χ2n) is 5.70. The molecule has 0 atom stereocenters. The van der Waals surface area contributed by atoms with Crippen LogP contribution in [0, 0.1) is 6.92 Å². The molecule has 124 valence electrons. The van der Waals surface area contributed by atoms with E-state index >= 15 is 0 Å². The first-order chi connectivity index (χ1) is 12.0. The van der Waals surface area contributed by atoms with Crippen LogP contribution in [0.3, 0.4) is 0 Å². The summed E-state index contributed by atoms with van der Waals surface area (Å²) in [5, 5.41) is 1.82. The molecule has 7 heteroatoms. The van der Waals surface area contributed by atoms with Gasteiger partial charge in [-0.15, -0.1) is 0 Å². The van der Waals surface area contributed by atoms with Gasteiger partial charge < -0.3 is 9.82 Å². The molecule has 0 aliphatic carbocycles. The van der Waals surface area contributed by atoms with Crippen LogP contribution in [-0.2, 0) is 4.84 Å². The molecule has 0 radical (unpaired) electrons. The average molecular weight is 355 g/mol. The van der Waals surface area contributed by atoms with E-state index in [9.17, 15) is 14.4 Å². The van der Waals surface area contributed by atoms with Crippen LogP contribution in [0.5, 0.6) is 0 Å². The maximum Gasteiger partial charge on any atom is 0.380 e. The average Bonchev–Trinajstić information content (AvgIpc) is 3.10. The number of aromatic amines is 1. The van der Waals surface area contributed by atoms with E-state index in [2.05, 4.69) is 4.98 Å². The number of amides is 2. The minimum Gasteiger partial charge on any atom is -0.349 e. The number of carbonyl (C=O) groups excluding carboxylic acids is 3. The highest BCUT2D eigenvalue weighted by atomic mass is 35.5. The molecule has 6 nitrogen and oxygen atoms in total. The van der Waals surface area contributed by atoms with Gasteiger partial charge in [0.25, 0.3) is 11.8 Å². The number of aryl methyl sites for hydroxylation is 1. The minimum atomic E-state index is -0.834. The van der Waals surface area contributed by atoms with Gasteiger partial charge in [0.1, 0.15) is 5.69 Å². The number of hydroxylamine groups is 2. The fourth-order valence-electron chi connectivity index (χ4n) is 2.76. The highest BCUT2D eigenvalue weighted by molar-refractivity contribution is 6.32. The maximum absolute atomic E-state index is 12.3. The van der Waals surface area contributed by atoms with Crippen molar-refractivity contribution in [1.29, 1.82) is 0 Å². The molecule has 0 fully saturated rings. The topological polar surface area (TPSA) is 79.5 Å². The molecule has 1 aromatic heterocycles. The van der Waals surface area contributed by atoms with Crippen molar-refractivity contribution >= 4 is 40.3 Å². The number of aromatic nitrogens is 1. The Balaban J connectivity index is 1.63. The van der Waals surface area contributed by atoms with Crippen molar-refractivity contribution in [3.8, 4) is 0 Å². The van der Waals surface area contributed by atoms with Gasteiger partial charge in [-0.1, -0.05) is 28.8 Å². The summed E-state index contributed by atoms with van der Waals surface area (Å²) in [5.74, 6) is -2.16. The number of hydrogen-bond acceptors (Lipinski definition) is 4. The summed E-state index contributed by atoms with van der Waals surface area (Å²) in [6.07, 6.45) is 0. The lowest BCUT2D eigenvalue weighted by atomic mass is 10.1. The molecule has 1 aliphatic rings. The van der Waals surface area contributed by atoms with Crippen molar-refractivity contribution in [2.45, 2.75) is 6.92 Å². The molecule has 0 spiro atoms. The lowest BCUT2D eigenvalue weighted by molar-refractivity contribution is -0.0587. The van der Waals surface area contributed by atoms with E-state index in [4.69, 9.17) is 16.4 Å². The van der Waals surface area contributed by atoms with Crippen LogP contribution in [0.1, 0.15) is 36.8 Å². The lowest BCUT2D eigenvalue weighted by Crippen LogP contribution is -2.32. The Morgan fingerprint density at radius 1 is 1.08 bits per heavy atom. The molecule has 1 N–H and O–H groups in total. The summed E-state index contributed by atoms with van der Waals surface area (Å²) >= 11 is 6.07. The van der Waals surface area contributed by atoms with Gasteiger partial charge in [-0.25, -0.2) is 4.79 Å². The first-order valence-corrected chi connectivity index (χ1v) is 7.82. The zero-order valence-corrected chi connectivity index (χ0v) is 13.8. The van der Waals surface area contributed by atoms with E-state index in [-0.39, 0.29) is 16.8 Å². The predicted molar refractivity (Wildman–Crippen MR) is 90.4 cm³/mol. The normalized spacial score (nSPS) is 13.4. The monoisotopic (exact) mass is 354 g/mol. The summed E-state index contributed by atoms with van der Waals surface area (Å²) in [4.78, 5) is 44.7. The third kappa shape index (κ3) is 2.38. The predicted octanol–water partition coefficient (Wildman–Crippen LogP) is 3.50. The van der Waals surface area contributed by atoms with Crippen molar-refractivity contribution in [3.05, 3.63) is 69.9 Å². The number of H-pyrrole nitrogens is 1. The standard InChI is InChI=1S/C18H11ClN2O4/c1-9-6-10-7-15(20-14(10)8-13(9)19)18(24)25-21-16(22)11-4-2-3-5-12(11)17(21)23/h2-8,20H,1H3. The van der Waals surface area contributed by atoms with Gasteiger partial charge in [-0.05, 0) is 42.8 Å². The quantitative estimate of drug-likeness (QED) is 0.714. The molecule has 0 bridgehead atoms. The number of carbonyl (C=O) groups is 3. The van der Waals surface area contributed by atoms with E-state index in [0.29, 0.717) is 15.6 Å². The van der Waals surface area contributed by atoms with E-state index < -0.39 is 17.8 Å². The van der Waals surface area contributed by atoms with E-state index in [1.165, 1.54) is 12.1 Å². The number of nitrogens with zero attached hydrogens (tertiary/aromatic N) is 1. The summed E-state index contributed by atoms with van der Waals surface area (Å²) in [7, 11) is 0. The second kappa shape index (κ2) is 5.46. The number of imide groups is 1. The minimum absolute atomic E-state index is 0.119. The van der Waals surface area contributed by atoms with Crippen molar-refractivity contribution in [2.75, 3.05) is 0 Å². The van der Waals surface area contributed by atoms with Gasteiger partial charge in [0.2, 0.25) is 0 Å². The van der Waals surface area contributed by atoms with Crippen LogP contribution in [0.25, 0.3) is 10.9 Å². The molecule has 1 aliphatic heterocycles. The van der Waals surface area contributed by atoms with Crippen LogP contribution in [0.4, 0.5) is 0 Å². The Bertz CT molecular complexity index is 996. The van der Waals surface area contributed by atoms with Gasteiger partial charge in [-0.3, -0.25) is 9.59 Å². The van der Waals surface area contributed by atoms with Crippen molar-refractivity contribution < 1.29 is 19.2 Å². The Morgan fingerprint density at radius 3 is 2.36 bits per heavy atom. The van der Waals surface area contributed by atoms with Gasteiger partial charge in [0.05, 0.1) is 11.1 Å². The van der Waals surface area contributed by atoms with Gasteiger partial charge in [0.15, 0.2) is 0 Å². The van der Waals surface area contributed by atoms with Crippen LogP contribution < -0.4 is 0 Å². The molecule has 0 saturated heterocycles. The van der Waals surface area contributed by atoms with Gasteiger partial charge >= 0.3 is 5.97 Å². The molecule has 2 amide bonds. The van der Waals surface area contributed by atoms with E-state index in [1.54, 1.807) is 24.3 Å². The van der Waals surface area contributed by atoms with Gasteiger partial charge in [0, 0.05) is 15.9 Å². The van der Waals surface area contributed by atoms with Crippen LogP contribution >= 0.6 is 11.6 Å². The molecule has 2 aromatic carbocycles. The van der Waals surface area contributed by atoms with E-state index in [0.717, 1.165) is 10.9 Å². The molecule has 25 heavy (non-hydrogen) atoms. The number of rotatable bonds is 2. The maximum atomic E-state index is 12.3. The molecular formula is C18H11ClN2O4. The third-order valence-electron chi connectivity index (χ3n) is 4.05. The molecule has 0 saturated carbocycles. The zero-order valence-electron chi connectivity index (χ0n) is 13.0. The van der Waals surface area contributed by atoms with Crippen LogP contribution in [0.15, 0.2) is 42.5 Å². The summed E-state index contributed by atoms with van der Waals surface area (Å²) in [6, 6.07) is 11.4. The van der Waals surface area contributed by atoms with Crippen LogP contribution in [0.2, 0.25) is 5.02 Å². The number of fused-ring (bicyclic) bond motifs is 2. The summed E-state index contributed by atoms with van der Waals surface area (Å²) in [5.41, 5.74) is 2.06. The summed E-state index contributed by atoms with van der Waals surface area (Å²) in [6.45, 7) is 1.85. The third-order valence-corrected chi connectivity index (χ3v) is 4.46. The first kappa shape index (κ1) is 15.4. The Kier molecular flexibility index (Phi) is 3.36. The first-order valence-electron chi connectivity index (χ1n) is 7.44. The second-order valence-corrected chi connectivity index (χ2v) is 6.11. The molecular weight excluding hydrogens is 344 g/mol. The highest BCUT2D eigenvalue weighted by Crippen LogP contribution is 2.26. The highest BCUT2D eigenvalue weighted by Gasteiger charge is 2.39. The van der Waals surface area contributed by atoms with Crippen molar-refractivity contribution in [1.82, 2.24) is 10.0 Å². The fraction of sp³-hybridized carbons (Fsp3) is 0.0556. The number of benzene rings is 2. The number of nitrogens with one attached hydrogen (secondary N) is 1. The molecule has 0 unspecified atom stereocenters. The largest absolute Gasteiger partial charge is 0.380 e.